The first kappa shape index (κ1) is 12.4. The molecule has 0 saturated carbocycles. The highest BCUT2D eigenvalue weighted by atomic mass is 16.4. The van der Waals surface area contributed by atoms with Crippen molar-refractivity contribution < 1.29 is 9.90 Å². The zero-order chi connectivity index (χ0) is 13.2. The fourth-order valence-electron chi connectivity index (χ4n) is 2.67. The van der Waals surface area contributed by atoms with Gasteiger partial charge in [-0.2, -0.15) is 5.26 Å². The Labute approximate surface area is 106 Å². The van der Waals surface area contributed by atoms with E-state index in [1.807, 2.05) is 11.8 Å². The summed E-state index contributed by atoms with van der Waals surface area (Å²) in [7, 11) is 0. The van der Waals surface area contributed by atoms with Crippen molar-refractivity contribution >= 4 is 11.7 Å². The van der Waals surface area contributed by atoms with E-state index in [0.717, 1.165) is 6.42 Å². The Morgan fingerprint density at radius 1 is 1.72 bits per heavy atom. The van der Waals surface area contributed by atoms with Crippen LogP contribution in [-0.2, 0) is 4.79 Å². The Morgan fingerprint density at radius 3 is 3.11 bits per heavy atom. The van der Waals surface area contributed by atoms with Crippen LogP contribution < -0.4 is 4.90 Å². The number of aromatic nitrogens is 1. The quantitative estimate of drug-likeness (QED) is 0.878. The maximum Gasteiger partial charge on any atom is 0.329 e. The molecule has 1 aliphatic rings. The number of aliphatic carboxylic acids is 1. The standard InChI is InChI=1S/C13H15N3O2/c1-2-13(12(17)18)5-3-7-16(13)11-9-15-6-4-10(11)8-14/h4,6,9H,2-3,5,7H2,1H3,(H,17,18). The van der Waals surface area contributed by atoms with E-state index in [9.17, 15) is 9.90 Å². The molecule has 0 aromatic carbocycles. The van der Waals surface area contributed by atoms with Gasteiger partial charge in [-0.1, -0.05) is 6.92 Å². The second kappa shape index (κ2) is 4.65. The second-order valence-corrected chi connectivity index (χ2v) is 4.45. The van der Waals surface area contributed by atoms with Gasteiger partial charge >= 0.3 is 5.97 Å². The number of carboxylic acids is 1. The lowest BCUT2D eigenvalue weighted by molar-refractivity contribution is -0.143. The van der Waals surface area contributed by atoms with Crippen LogP contribution in [0.4, 0.5) is 5.69 Å². The molecule has 94 valence electrons. The summed E-state index contributed by atoms with van der Waals surface area (Å²) in [5.74, 6) is -0.824. The second-order valence-electron chi connectivity index (χ2n) is 4.45. The molecule has 5 heteroatoms. The molecule has 0 radical (unpaired) electrons. The van der Waals surface area contributed by atoms with Gasteiger partial charge in [0.25, 0.3) is 0 Å². The maximum absolute atomic E-state index is 11.6. The van der Waals surface area contributed by atoms with Crippen molar-refractivity contribution in [2.45, 2.75) is 31.7 Å². The monoisotopic (exact) mass is 245 g/mol. The Bertz CT molecular complexity index is 509. The van der Waals surface area contributed by atoms with Gasteiger partial charge in [0.05, 0.1) is 17.4 Å². The molecule has 1 aromatic heterocycles. The lowest BCUT2D eigenvalue weighted by Gasteiger charge is -2.35. The third kappa shape index (κ3) is 1.70. The highest BCUT2D eigenvalue weighted by Gasteiger charge is 2.46. The number of anilines is 1. The summed E-state index contributed by atoms with van der Waals surface area (Å²) in [5, 5.41) is 18.6. The van der Waals surface area contributed by atoms with Crippen LogP contribution in [0, 0.1) is 11.3 Å². The molecule has 0 bridgehead atoms. The van der Waals surface area contributed by atoms with E-state index in [2.05, 4.69) is 11.1 Å². The summed E-state index contributed by atoms with van der Waals surface area (Å²) in [4.78, 5) is 17.4. The van der Waals surface area contributed by atoms with E-state index in [1.54, 1.807) is 18.5 Å². The van der Waals surface area contributed by atoms with Gasteiger partial charge in [-0.15, -0.1) is 0 Å². The highest BCUT2D eigenvalue weighted by molar-refractivity contribution is 5.85. The molecule has 1 unspecified atom stereocenters. The molecule has 1 aliphatic heterocycles. The van der Waals surface area contributed by atoms with Gasteiger partial charge < -0.3 is 10.0 Å². The van der Waals surface area contributed by atoms with Crippen molar-refractivity contribution in [3.63, 3.8) is 0 Å². The molecule has 1 fully saturated rings. The van der Waals surface area contributed by atoms with Crippen molar-refractivity contribution in [1.82, 2.24) is 4.98 Å². The molecule has 0 spiro atoms. The van der Waals surface area contributed by atoms with E-state index in [-0.39, 0.29) is 0 Å². The number of rotatable bonds is 3. The Kier molecular flexibility index (Phi) is 3.19. The molecule has 0 aliphatic carbocycles. The van der Waals surface area contributed by atoms with Crippen LogP contribution >= 0.6 is 0 Å². The SMILES string of the molecule is CCC1(C(=O)O)CCCN1c1cnccc1C#N. The average Bonchev–Trinajstić information content (AvgIpc) is 2.83. The molecule has 1 aromatic rings. The lowest BCUT2D eigenvalue weighted by atomic mass is 9.92. The normalized spacial score (nSPS) is 22.8. The van der Waals surface area contributed by atoms with Crippen LogP contribution in [0.2, 0.25) is 0 Å². The number of carboxylic acid groups (broad SMARTS) is 1. The van der Waals surface area contributed by atoms with Crippen molar-refractivity contribution in [3.05, 3.63) is 24.0 Å². The van der Waals surface area contributed by atoms with Crippen LogP contribution in [-0.4, -0.2) is 28.1 Å². The zero-order valence-electron chi connectivity index (χ0n) is 10.3. The van der Waals surface area contributed by atoms with Crippen molar-refractivity contribution in [1.29, 1.82) is 5.26 Å². The molecule has 2 rings (SSSR count). The fraction of sp³-hybridized carbons (Fsp3) is 0.462. The third-order valence-corrected chi connectivity index (χ3v) is 3.68. The van der Waals surface area contributed by atoms with Crippen LogP contribution in [0.5, 0.6) is 0 Å². The van der Waals surface area contributed by atoms with E-state index >= 15 is 0 Å². The fourth-order valence-corrected chi connectivity index (χ4v) is 2.67. The van der Waals surface area contributed by atoms with Crippen LogP contribution in [0.3, 0.4) is 0 Å². The highest BCUT2D eigenvalue weighted by Crippen LogP contribution is 2.37. The average molecular weight is 245 g/mol. The van der Waals surface area contributed by atoms with E-state index in [1.165, 1.54) is 0 Å². The Balaban J connectivity index is 2.50. The van der Waals surface area contributed by atoms with Crippen LogP contribution in [0.1, 0.15) is 31.7 Å². The minimum atomic E-state index is -0.894. The molecule has 5 nitrogen and oxygen atoms in total. The molecule has 2 heterocycles. The summed E-state index contributed by atoms with van der Waals surface area (Å²) in [6.45, 7) is 2.52. The number of carbonyl (C=O) groups is 1. The number of nitriles is 1. The molecule has 18 heavy (non-hydrogen) atoms. The van der Waals surface area contributed by atoms with Crippen LogP contribution in [0.25, 0.3) is 0 Å². The van der Waals surface area contributed by atoms with Gasteiger partial charge in [-0.3, -0.25) is 4.98 Å². The summed E-state index contributed by atoms with van der Waals surface area (Å²) < 4.78 is 0. The van der Waals surface area contributed by atoms with Gasteiger partial charge in [0, 0.05) is 12.7 Å². The van der Waals surface area contributed by atoms with Gasteiger partial charge in [0.15, 0.2) is 0 Å². The summed E-state index contributed by atoms with van der Waals surface area (Å²) in [6.07, 6.45) is 5.07. The number of nitrogens with zero attached hydrogens (tertiary/aromatic N) is 3. The predicted molar refractivity (Wildman–Crippen MR) is 66.2 cm³/mol. The first-order valence-electron chi connectivity index (χ1n) is 6.01. The van der Waals surface area contributed by atoms with Gasteiger partial charge in [-0.05, 0) is 25.3 Å². The maximum atomic E-state index is 11.6. The molecular weight excluding hydrogens is 230 g/mol. The Hall–Kier alpha value is -2.09. The van der Waals surface area contributed by atoms with Crippen molar-refractivity contribution in [2.24, 2.45) is 0 Å². The molecule has 1 saturated heterocycles. The minimum absolute atomic E-state index is 0.478. The van der Waals surface area contributed by atoms with Gasteiger partial charge in [-0.25, -0.2) is 4.79 Å². The summed E-state index contributed by atoms with van der Waals surface area (Å²) in [5.41, 5.74) is 0.210. The number of hydrogen-bond donors (Lipinski definition) is 1. The first-order chi connectivity index (χ1) is 8.65. The van der Waals surface area contributed by atoms with Gasteiger partial charge in [0.1, 0.15) is 11.6 Å². The van der Waals surface area contributed by atoms with Crippen LogP contribution in [0.15, 0.2) is 18.5 Å². The van der Waals surface area contributed by atoms with E-state index < -0.39 is 11.5 Å². The minimum Gasteiger partial charge on any atom is -0.479 e. The van der Waals surface area contributed by atoms with Crippen molar-refractivity contribution in [2.75, 3.05) is 11.4 Å². The Morgan fingerprint density at radius 2 is 2.50 bits per heavy atom. The van der Waals surface area contributed by atoms with E-state index in [4.69, 9.17) is 5.26 Å². The number of pyridine rings is 1. The molecule has 0 amide bonds. The smallest absolute Gasteiger partial charge is 0.329 e. The summed E-state index contributed by atoms with van der Waals surface area (Å²) >= 11 is 0. The third-order valence-electron chi connectivity index (χ3n) is 3.68. The van der Waals surface area contributed by atoms with Crippen molar-refractivity contribution in [3.8, 4) is 6.07 Å². The number of hydrogen-bond acceptors (Lipinski definition) is 4. The molecule has 1 N–H and O–H groups in total. The topological polar surface area (TPSA) is 77.2 Å². The molecule has 1 atom stereocenters. The molecular formula is C13H15N3O2. The zero-order valence-corrected chi connectivity index (χ0v) is 10.3. The lowest BCUT2D eigenvalue weighted by Crippen LogP contribution is -2.50. The van der Waals surface area contributed by atoms with E-state index in [0.29, 0.717) is 30.6 Å². The first-order valence-corrected chi connectivity index (χ1v) is 6.01. The summed E-state index contributed by atoms with van der Waals surface area (Å²) in [6, 6.07) is 3.72. The van der Waals surface area contributed by atoms with Gasteiger partial charge in [0.2, 0.25) is 0 Å². The predicted octanol–water partition coefficient (Wildman–Crippen LogP) is 1.79. The largest absolute Gasteiger partial charge is 0.479 e.